The van der Waals surface area contributed by atoms with Gasteiger partial charge in [-0.1, -0.05) is 17.7 Å². The molecule has 7 nitrogen and oxygen atoms in total. The van der Waals surface area contributed by atoms with Crippen LogP contribution in [-0.2, 0) is 20.5 Å². The van der Waals surface area contributed by atoms with Crippen LogP contribution in [0.25, 0.3) is 0 Å². The Labute approximate surface area is 295 Å². The number of carbonyl (C=O) groups is 3. The van der Waals surface area contributed by atoms with Crippen LogP contribution >= 0.6 is 34.8 Å². The number of alkyl halides is 12. The number of ether oxygens (including phenoxy) is 1. The topological polar surface area (TPSA) is 96.5 Å². The molecule has 0 bridgehead atoms. The Hall–Kier alpha value is -4.01. The van der Waals surface area contributed by atoms with Gasteiger partial charge in [-0.25, -0.2) is 13.2 Å². The van der Waals surface area contributed by atoms with Crippen LogP contribution in [0.4, 0.5) is 74.1 Å². The van der Waals surface area contributed by atoms with Crippen molar-refractivity contribution in [1.82, 2.24) is 0 Å². The summed E-state index contributed by atoms with van der Waals surface area (Å²) in [7, 11) is 0. The van der Waals surface area contributed by atoms with E-state index >= 15 is 4.39 Å². The van der Waals surface area contributed by atoms with Crippen LogP contribution in [0, 0.1) is 23.4 Å². The Balaban J connectivity index is 1.34. The van der Waals surface area contributed by atoms with Gasteiger partial charge in [0, 0.05) is 11.6 Å². The molecule has 2 fully saturated rings. The number of anilines is 3. The van der Waals surface area contributed by atoms with Gasteiger partial charge in [-0.2, -0.15) is 43.9 Å². The number of nitrogens with one attached hydrogen (secondary N) is 3. The minimum atomic E-state index is -6.59. The van der Waals surface area contributed by atoms with E-state index < -0.39 is 109 Å². The van der Waals surface area contributed by atoms with Crippen molar-refractivity contribution >= 4 is 69.6 Å². The molecule has 1 saturated heterocycles. The lowest BCUT2D eigenvalue weighted by Gasteiger charge is -2.25. The van der Waals surface area contributed by atoms with Crippen molar-refractivity contribution in [2.45, 2.75) is 40.2 Å². The highest BCUT2D eigenvalue weighted by molar-refractivity contribution is 6.53. The number of benzene rings is 3. The van der Waals surface area contributed by atoms with Gasteiger partial charge in [-0.15, -0.1) is 23.2 Å². The lowest BCUT2D eigenvalue weighted by Crippen LogP contribution is -2.57. The summed E-state index contributed by atoms with van der Waals surface area (Å²) in [6, 6.07) is 5.52. The van der Waals surface area contributed by atoms with Gasteiger partial charge in [-0.05, 0) is 48.0 Å². The molecule has 2 unspecified atom stereocenters. The normalized spacial score (nSPS) is 23.8. The van der Waals surface area contributed by atoms with Gasteiger partial charge >= 0.3 is 30.0 Å². The fraction of sp³-hybridized carbons (Fsp3) is 0.276. The van der Waals surface area contributed by atoms with Crippen molar-refractivity contribution in [1.29, 1.82) is 0 Å². The Bertz CT molecular complexity index is 2010. The van der Waals surface area contributed by atoms with E-state index in [0.29, 0.717) is 18.2 Å². The Morgan fingerprint density at radius 1 is 0.769 bits per heavy atom. The van der Waals surface area contributed by atoms with Crippen LogP contribution in [0.2, 0.25) is 5.02 Å². The molecule has 52 heavy (non-hydrogen) atoms. The van der Waals surface area contributed by atoms with E-state index in [1.165, 1.54) is 0 Å². The fourth-order valence-corrected chi connectivity index (χ4v) is 6.08. The lowest BCUT2D eigenvalue weighted by molar-refractivity contribution is -0.333. The first kappa shape index (κ1) is 39.2. The van der Waals surface area contributed by atoms with Gasteiger partial charge in [0.25, 0.3) is 11.8 Å². The Morgan fingerprint density at radius 3 is 1.96 bits per heavy atom. The first-order valence-electron chi connectivity index (χ1n) is 13.7. The summed E-state index contributed by atoms with van der Waals surface area (Å²) in [5.41, 5.74) is -5.75. The molecular weight excluding hydrogens is 808 g/mol. The van der Waals surface area contributed by atoms with Crippen molar-refractivity contribution in [2.75, 3.05) is 16.0 Å². The van der Waals surface area contributed by atoms with Crippen LogP contribution in [-0.4, -0.2) is 45.9 Å². The van der Waals surface area contributed by atoms with E-state index in [1.54, 1.807) is 5.32 Å². The largest absolute Gasteiger partial charge is 0.429 e. The van der Waals surface area contributed by atoms with Crippen molar-refractivity contribution in [3.8, 4) is 0 Å². The van der Waals surface area contributed by atoms with E-state index in [-0.39, 0.29) is 17.3 Å². The summed E-state index contributed by atoms with van der Waals surface area (Å²) < 4.78 is 180. The molecule has 1 aliphatic heterocycles. The summed E-state index contributed by atoms with van der Waals surface area (Å²) in [5.74, 6) is -32.9. The van der Waals surface area contributed by atoms with E-state index in [2.05, 4.69) is 10.1 Å². The number of carbonyl (C=O) groups excluding carboxylic acids is 3. The highest BCUT2D eigenvalue weighted by atomic mass is 35.5. The molecule has 0 spiro atoms. The molecule has 3 N–H and O–H groups in total. The average Bonchev–Trinajstić information content (AvgIpc) is 3.58. The van der Waals surface area contributed by atoms with Crippen LogP contribution in [0.1, 0.15) is 27.4 Å². The van der Waals surface area contributed by atoms with E-state index in [4.69, 9.17) is 34.8 Å². The first-order valence-corrected chi connectivity index (χ1v) is 14.8. The summed E-state index contributed by atoms with van der Waals surface area (Å²) in [5, 5.41) is 4.45. The maximum absolute atomic E-state index is 15.2. The molecule has 0 radical (unpaired) electrons. The first-order chi connectivity index (χ1) is 23.7. The summed E-state index contributed by atoms with van der Waals surface area (Å²) in [6.07, 6.45) is -11.3. The molecule has 1 heterocycles. The van der Waals surface area contributed by atoms with Gasteiger partial charge in [0.2, 0.25) is 5.91 Å². The molecule has 3 aromatic rings. The van der Waals surface area contributed by atoms with Gasteiger partial charge < -0.3 is 16.0 Å². The third-order valence-corrected chi connectivity index (χ3v) is 9.04. The zero-order valence-corrected chi connectivity index (χ0v) is 26.7. The highest BCUT2D eigenvalue weighted by Gasteiger charge is 2.92. The fourth-order valence-electron chi connectivity index (χ4n) is 5.04. The van der Waals surface area contributed by atoms with Crippen LogP contribution < -0.4 is 16.0 Å². The van der Waals surface area contributed by atoms with Gasteiger partial charge in [0.15, 0.2) is 5.82 Å². The minimum absolute atomic E-state index is 0.240. The monoisotopic (exact) mass is 819 g/mol. The molecule has 3 atom stereocenters. The third-order valence-electron chi connectivity index (χ3n) is 7.77. The second kappa shape index (κ2) is 12.6. The van der Waals surface area contributed by atoms with Gasteiger partial charge in [-0.3, -0.25) is 19.1 Å². The number of halogens is 16. The molecule has 23 heteroatoms. The minimum Gasteiger partial charge on any atom is -0.326 e. The number of amides is 3. The van der Waals surface area contributed by atoms with E-state index in [9.17, 15) is 67.1 Å². The van der Waals surface area contributed by atoms with Crippen LogP contribution in [0.15, 0.2) is 48.5 Å². The summed E-state index contributed by atoms with van der Waals surface area (Å²) in [6.45, 7) is 0. The standard InChI is InChI=1S/C29H13Cl3F13N3O4/c30-13-3-2-10(46-22(50)18-17(24(18,31)32)9-1-4-14(33)12(7-9)26(37,38)39)8-11(13)21(49)47-16-6-5-15(34)20(19(16)35)48-23(51)25(36)27(40,41)28(42,43)29(44,45)52-25/h1-8,17-18H,(H,46,50)(H,47,49)(H,48,51)/t17?,18-,25?/m1/s1. The van der Waals surface area contributed by atoms with Crippen molar-refractivity contribution in [3.63, 3.8) is 0 Å². The van der Waals surface area contributed by atoms with Crippen molar-refractivity contribution in [2.24, 2.45) is 5.92 Å². The molecule has 0 aromatic heterocycles. The van der Waals surface area contributed by atoms with Crippen LogP contribution in [0.3, 0.4) is 0 Å². The molecule has 2 aliphatic rings. The van der Waals surface area contributed by atoms with Crippen LogP contribution in [0.5, 0.6) is 0 Å². The SMILES string of the molecule is O=C(Nc1ccc(F)c(NC(=O)C2(F)OC(F)(F)C(F)(F)C2(F)F)c1F)c1cc(NC(=O)[C@H]2C(c3ccc(F)c(C(F)(F)F)c3)C2(Cl)Cl)ccc1Cl. The van der Waals surface area contributed by atoms with Gasteiger partial charge in [0.1, 0.15) is 21.7 Å². The predicted molar refractivity (Wildman–Crippen MR) is 155 cm³/mol. The number of rotatable bonds is 7. The quantitative estimate of drug-likeness (QED) is 0.164. The van der Waals surface area contributed by atoms with Gasteiger partial charge in [0.05, 0.1) is 27.8 Å². The average molecular weight is 821 g/mol. The zero-order valence-electron chi connectivity index (χ0n) is 24.5. The molecule has 5 rings (SSSR count). The highest BCUT2D eigenvalue weighted by Crippen LogP contribution is 2.65. The predicted octanol–water partition coefficient (Wildman–Crippen LogP) is 9.05. The van der Waals surface area contributed by atoms with E-state index in [0.717, 1.165) is 29.6 Å². The van der Waals surface area contributed by atoms with Crippen molar-refractivity contribution in [3.05, 3.63) is 87.7 Å². The molecule has 280 valence electrons. The summed E-state index contributed by atoms with van der Waals surface area (Å²) >= 11 is 18.3. The Kier molecular flexibility index (Phi) is 9.46. The molecule has 3 aromatic carbocycles. The van der Waals surface area contributed by atoms with E-state index in [1.807, 2.05) is 0 Å². The zero-order chi connectivity index (χ0) is 39.1. The maximum atomic E-state index is 15.2. The molecular formula is C29H13Cl3F13N3O4. The molecule has 3 amide bonds. The third kappa shape index (κ3) is 6.26. The Morgan fingerprint density at radius 2 is 1.38 bits per heavy atom. The second-order valence-corrected chi connectivity index (χ2v) is 13.0. The molecule has 1 saturated carbocycles. The summed E-state index contributed by atoms with van der Waals surface area (Å²) in [4.78, 5) is 38.1. The van der Waals surface area contributed by atoms with Crippen molar-refractivity contribution < 1.29 is 76.2 Å². The smallest absolute Gasteiger partial charge is 0.326 e. The number of hydrogen-bond donors (Lipinski definition) is 3. The molecule has 1 aliphatic carbocycles. The lowest BCUT2D eigenvalue weighted by atomic mass is 10.0. The maximum Gasteiger partial charge on any atom is 0.429 e. The number of hydrogen-bond acceptors (Lipinski definition) is 4. The second-order valence-electron chi connectivity index (χ2n) is 11.1.